The van der Waals surface area contributed by atoms with Crippen LogP contribution in [0.15, 0.2) is 71.6 Å². The highest BCUT2D eigenvalue weighted by Gasteiger charge is 2.73. The van der Waals surface area contributed by atoms with Gasteiger partial charge in [-0.1, -0.05) is 30.3 Å². The van der Waals surface area contributed by atoms with E-state index in [0.717, 1.165) is 30.3 Å². The zero-order valence-corrected chi connectivity index (χ0v) is 22.7. The molecule has 44 heavy (non-hydrogen) atoms. The number of carbonyl (C=O) groups excluding carboxylic acids is 1. The Morgan fingerprint density at radius 2 is 1.27 bits per heavy atom. The number of fused-ring (bicyclic) bond motifs is 1. The van der Waals surface area contributed by atoms with Crippen molar-refractivity contribution in [1.29, 1.82) is 0 Å². The first-order valence-electron chi connectivity index (χ1n) is 12.6. The Morgan fingerprint density at radius 1 is 0.773 bits per heavy atom. The summed E-state index contributed by atoms with van der Waals surface area (Å²) < 4.78 is 168. The van der Waals surface area contributed by atoms with E-state index in [2.05, 4.69) is 4.74 Å². The van der Waals surface area contributed by atoms with Crippen molar-refractivity contribution in [2.45, 2.75) is 59.3 Å². The molecule has 0 spiro atoms. The molecule has 1 aliphatic heterocycles. The lowest BCUT2D eigenvalue weighted by atomic mass is 9.88. The third-order valence-electron chi connectivity index (χ3n) is 7.72. The van der Waals surface area contributed by atoms with Gasteiger partial charge in [0.1, 0.15) is 34.4 Å². The van der Waals surface area contributed by atoms with Gasteiger partial charge in [-0.25, -0.2) is 26.4 Å². The van der Waals surface area contributed by atoms with Crippen LogP contribution in [0.5, 0.6) is 0 Å². The Hall–Kier alpha value is -3.79. The second-order valence-electron chi connectivity index (χ2n) is 10.2. The molecule has 3 aromatic carbocycles. The summed E-state index contributed by atoms with van der Waals surface area (Å²) >= 11 is 0. The number of sulfone groups is 1. The van der Waals surface area contributed by atoms with E-state index < -0.39 is 104 Å². The van der Waals surface area contributed by atoms with E-state index >= 15 is 0 Å². The van der Waals surface area contributed by atoms with Crippen LogP contribution in [0.2, 0.25) is 0 Å². The van der Waals surface area contributed by atoms with Gasteiger partial charge in [-0.05, 0) is 42.0 Å². The smallest absolute Gasteiger partial charge is 0.427 e. The molecular formula is C28H19F9O6S. The van der Waals surface area contributed by atoms with E-state index in [1.54, 1.807) is 0 Å². The van der Waals surface area contributed by atoms with Crippen LogP contribution in [0.3, 0.4) is 0 Å². The van der Waals surface area contributed by atoms with Gasteiger partial charge in [-0.15, -0.1) is 0 Å². The fourth-order valence-corrected chi connectivity index (χ4v) is 7.71. The molecule has 1 saturated carbocycles. The molecule has 0 aromatic heterocycles. The molecule has 0 N–H and O–H groups in total. The molecule has 3 atom stereocenters. The maximum atomic E-state index is 14.3. The van der Waals surface area contributed by atoms with Crippen LogP contribution in [0.1, 0.15) is 29.5 Å². The summed E-state index contributed by atoms with van der Waals surface area (Å²) in [5, 5.41) is 0. The van der Waals surface area contributed by atoms with Crippen molar-refractivity contribution in [3.63, 3.8) is 0 Å². The Kier molecular flexibility index (Phi) is 7.68. The predicted octanol–water partition coefficient (Wildman–Crippen LogP) is 7.01. The van der Waals surface area contributed by atoms with Crippen LogP contribution in [0.25, 0.3) is 0 Å². The second kappa shape index (κ2) is 10.7. The molecule has 0 unspecified atom stereocenters. The topological polar surface area (TPSA) is 78.9 Å². The minimum atomic E-state index is -6.22. The van der Waals surface area contributed by atoms with Crippen molar-refractivity contribution in [2.75, 3.05) is 0 Å². The normalized spacial score (nSPS) is 22.4. The first-order chi connectivity index (χ1) is 20.4. The van der Waals surface area contributed by atoms with E-state index in [9.17, 15) is 52.7 Å². The van der Waals surface area contributed by atoms with Crippen LogP contribution in [0, 0.1) is 17.5 Å². The molecule has 2 fully saturated rings. The fourth-order valence-electron chi connectivity index (χ4n) is 5.55. The highest BCUT2D eigenvalue weighted by molar-refractivity contribution is 7.92. The standard InChI is InChI=1S/C28H19F9O6S/c29-17-8-10-18(11-9-17)44(39,40)25(12-22-23(13-25)43-24(38)42-22)15-4-6-16(7-5-15)26(27(32,33)34,28(35,36)37)41-14-19-20(30)2-1-3-21(19)31/h1-11,22-23H,12-14H2/t22-,23+,25-. The highest BCUT2D eigenvalue weighted by Crippen LogP contribution is 2.55. The lowest BCUT2D eigenvalue weighted by Crippen LogP contribution is -2.56. The Labute approximate surface area is 243 Å². The molecule has 1 aliphatic carbocycles. The summed E-state index contributed by atoms with van der Waals surface area (Å²) in [6.07, 6.45) is -16.8. The number of hydrogen-bond acceptors (Lipinski definition) is 6. The molecule has 1 heterocycles. The van der Waals surface area contributed by atoms with Gasteiger partial charge in [-0.3, -0.25) is 0 Å². The summed E-state index contributed by atoms with van der Waals surface area (Å²) in [6.45, 7) is -1.77. The lowest BCUT2D eigenvalue weighted by Gasteiger charge is -2.38. The monoisotopic (exact) mass is 654 g/mol. The maximum absolute atomic E-state index is 14.3. The zero-order chi connectivity index (χ0) is 32.3. The predicted molar refractivity (Wildman–Crippen MR) is 131 cm³/mol. The van der Waals surface area contributed by atoms with Crippen LogP contribution >= 0.6 is 0 Å². The summed E-state index contributed by atoms with van der Waals surface area (Å²) in [5.41, 5.74) is -8.13. The Bertz CT molecular complexity index is 1620. The first kappa shape index (κ1) is 31.6. The van der Waals surface area contributed by atoms with E-state index in [4.69, 9.17) is 9.47 Å². The molecule has 0 bridgehead atoms. The number of hydrogen-bond donors (Lipinski definition) is 0. The van der Waals surface area contributed by atoms with Gasteiger partial charge in [0.15, 0.2) is 9.84 Å². The van der Waals surface area contributed by atoms with Crippen LogP contribution < -0.4 is 0 Å². The quantitative estimate of drug-likeness (QED) is 0.155. The van der Waals surface area contributed by atoms with Crippen LogP contribution in [-0.4, -0.2) is 39.1 Å². The summed E-state index contributed by atoms with van der Waals surface area (Å²) in [5.74, 6) is -3.67. The minimum absolute atomic E-state index is 0.293. The highest BCUT2D eigenvalue weighted by atomic mass is 32.2. The molecule has 236 valence electrons. The van der Waals surface area contributed by atoms with Gasteiger partial charge in [0.25, 0.3) is 5.60 Å². The van der Waals surface area contributed by atoms with Crippen molar-refractivity contribution in [2.24, 2.45) is 0 Å². The molecule has 0 amide bonds. The van der Waals surface area contributed by atoms with Crippen molar-refractivity contribution >= 4 is 16.0 Å². The van der Waals surface area contributed by atoms with Crippen molar-refractivity contribution < 1.29 is 66.9 Å². The Morgan fingerprint density at radius 3 is 1.75 bits per heavy atom. The van der Waals surface area contributed by atoms with Crippen molar-refractivity contribution in [1.82, 2.24) is 0 Å². The average molecular weight is 655 g/mol. The largest absolute Gasteiger partial charge is 0.509 e. The van der Waals surface area contributed by atoms with Gasteiger partial charge < -0.3 is 14.2 Å². The number of halogens is 9. The molecule has 0 radical (unpaired) electrons. The number of benzene rings is 3. The van der Waals surface area contributed by atoms with Gasteiger partial charge >= 0.3 is 18.5 Å². The first-order valence-corrected chi connectivity index (χ1v) is 14.1. The van der Waals surface area contributed by atoms with E-state index in [1.165, 1.54) is 0 Å². The number of ether oxygens (including phenoxy) is 3. The molecule has 16 heteroatoms. The SMILES string of the molecule is O=C1O[C@H]2C[C@](c3ccc(C(OCc4c(F)cccc4F)(C(F)(F)F)C(F)(F)F)cc3)(S(=O)(=O)c3ccc(F)cc3)C[C@H]2O1. The average Bonchev–Trinajstić information content (AvgIpc) is 3.45. The molecule has 6 nitrogen and oxygen atoms in total. The minimum Gasteiger partial charge on any atom is -0.427 e. The van der Waals surface area contributed by atoms with Crippen molar-refractivity contribution in [3.05, 3.63) is 101 Å². The molecule has 5 rings (SSSR count). The number of carbonyl (C=O) groups is 1. The van der Waals surface area contributed by atoms with E-state index in [1.807, 2.05) is 0 Å². The fraction of sp³-hybridized carbons (Fsp3) is 0.321. The van der Waals surface area contributed by atoms with Crippen molar-refractivity contribution in [3.8, 4) is 0 Å². The molecular weight excluding hydrogens is 635 g/mol. The third-order valence-corrected chi connectivity index (χ3v) is 10.2. The molecule has 2 aliphatic rings. The van der Waals surface area contributed by atoms with Gasteiger partial charge in [0.2, 0.25) is 0 Å². The lowest BCUT2D eigenvalue weighted by molar-refractivity contribution is -0.392. The summed E-state index contributed by atoms with van der Waals surface area (Å²) in [4.78, 5) is 11.2. The molecule has 1 saturated heterocycles. The van der Waals surface area contributed by atoms with E-state index in [-0.39, 0.29) is 5.56 Å². The van der Waals surface area contributed by atoms with Crippen LogP contribution in [-0.2, 0) is 41.0 Å². The van der Waals surface area contributed by atoms with Crippen LogP contribution in [0.4, 0.5) is 44.3 Å². The Balaban J connectivity index is 1.62. The van der Waals surface area contributed by atoms with Gasteiger partial charge in [0, 0.05) is 24.0 Å². The van der Waals surface area contributed by atoms with Gasteiger partial charge in [-0.2, -0.15) is 26.3 Å². The second-order valence-corrected chi connectivity index (χ2v) is 12.4. The van der Waals surface area contributed by atoms with E-state index in [0.29, 0.717) is 36.4 Å². The zero-order valence-electron chi connectivity index (χ0n) is 21.9. The number of alkyl halides is 6. The third kappa shape index (κ3) is 4.97. The maximum Gasteiger partial charge on any atom is 0.509 e. The summed E-state index contributed by atoms with van der Waals surface area (Å²) in [6, 6.07) is 7.74. The summed E-state index contributed by atoms with van der Waals surface area (Å²) in [7, 11) is -4.59. The van der Waals surface area contributed by atoms with Gasteiger partial charge in [0.05, 0.1) is 11.5 Å². The molecule has 3 aromatic rings. The number of rotatable bonds is 7.